The molecule has 1 aliphatic carbocycles. The highest BCUT2D eigenvalue weighted by atomic mass is 16.5. The van der Waals surface area contributed by atoms with Crippen LogP contribution in [0.1, 0.15) is 34.7 Å². The van der Waals surface area contributed by atoms with E-state index in [1.54, 1.807) is 12.7 Å². The van der Waals surface area contributed by atoms with Gasteiger partial charge in [0.25, 0.3) is 0 Å². The molecule has 2 aromatic rings. The monoisotopic (exact) mass is 281 g/mol. The van der Waals surface area contributed by atoms with Crippen molar-refractivity contribution < 1.29 is 4.74 Å². The van der Waals surface area contributed by atoms with E-state index in [9.17, 15) is 0 Å². The summed E-state index contributed by atoms with van der Waals surface area (Å²) < 4.78 is 5.50. The molecule has 1 atom stereocenters. The summed E-state index contributed by atoms with van der Waals surface area (Å²) in [6, 6.07) is 15.5. The van der Waals surface area contributed by atoms with E-state index in [1.807, 2.05) is 19.2 Å². The molecule has 0 radical (unpaired) electrons. The average molecular weight is 281 g/mol. The summed E-state index contributed by atoms with van der Waals surface area (Å²) >= 11 is 0. The number of fused-ring (bicyclic) bond motifs is 1. The Morgan fingerprint density at radius 1 is 1.10 bits per heavy atom. The normalized spacial score (nSPS) is 14.8. The number of rotatable bonds is 5. The summed E-state index contributed by atoms with van der Waals surface area (Å²) in [5, 5.41) is 3.43. The number of nitrogens with one attached hydrogen (secondary N) is 1. The Morgan fingerprint density at radius 3 is 2.71 bits per heavy atom. The van der Waals surface area contributed by atoms with Crippen LogP contribution in [0.3, 0.4) is 0 Å². The van der Waals surface area contributed by atoms with Gasteiger partial charge in [-0.05, 0) is 55.5 Å². The Kier molecular flexibility index (Phi) is 4.26. The van der Waals surface area contributed by atoms with Crippen LogP contribution >= 0.6 is 0 Å². The molecular weight excluding hydrogens is 258 g/mol. The maximum absolute atomic E-state index is 5.50. The Bertz CT molecular complexity index is 621. The van der Waals surface area contributed by atoms with Crippen LogP contribution in [0.2, 0.25) is 0 Å². The molecule has 1 N–H and O–H groups in total. The minimum Gasteiger partial charge on any atom is -0.496 e. The average Bonchev–Trinajstić information content (AvgIpc) is 3.00. The lowest BCUT2D eigenvalue weighted by Gasteiger charge is -2.20. The molecule has 0 aliphatic heterocycles. The summed E-state index contributed by atoms with van der Waals surface area (Å²) in [5.74, 6) is 0.956. The first-order chi connectivity index (χ1) is 10.3. The third kappa shape index (κ3) is 2.96. The van der Waals surface area contributed by atoms with E-state index < -0.39 is 0 Å². The highest BCUT2D eigenvalue weighted by Gasteiger charge is 2.16. The molecule has 1 aliphatic rings. The first-order valence-corrected chi connectivity index (χ1v) is 7.72. The first-order valence-electron chi connectivity index (χ1n) is 7.72. The summed E-state index contributed by atoms with van der Waals surface area (Å²) in [6.07, 6.45) is 4.78. The molecule has 0 amide bonds. The van der Waals surface area contributed by atoms with Crippen LogP contribution in [-0.4, -0.2) is 14.2 Å². The van der Waals surface area contributed by atoms with Crippen molar-refractivity contribution in [1.29, 1.82) is 0 Å². The van der Waals surface area contributed by atoms with Gasteiger partial charge in [0.05, 0.1) is 7.11 Å². The molecule has 0 bridgehead atoms. The lowest BCUT2D eigenvalue weighted by molar-refractivity contribution is 0.401. The molecule has 0 aromatic heterocycles. The second-order valence-electron chi connectivity index (χ2n) is 5.74. The van der Waals surface area contributed by atoms with Gasteiger partial charge in [-0.3, -0.25) is 0 Å². The van der Waals surface area contributed by atoms with E-state index in [1.165, 1.54) is 36.0 Å². The summed E-state index contributed by atoms with van der Waals surface area (Å²) in [5.41, 5.74) is 5.71. The molecule has 0 spiro atoms. The molecule has 0 fully saturated rings. The van der Waals surface area contributed by atoms with E-state index in [2.05, 4.69) is 35.6 Å². The highest BCUT2D eigenvalue weighted by molar-refractivity contribution is 5.39. The van der Waals surface area contributed by atoms with Crippen LogP contribution in [0.4, 0.5) is 0 Å². The Balaban J connectivity index is 1.84. The smallest absolute Gasteiger partial charge is 0.123 e. The standard InChI is InChI=1S/C19H23NO/c1-20-18(17-8-3-4-9-19(17)21-2)13-14-10-11-15-6-5-7-16(15)12-14/h3-4,8-12,18,20H,5-7,13H2,1-2H3. The van der Waals surface area contributed by atoms with Gasteiger partial charge in [-0.15, -0.1) is 0 Å². The topological polar surface area (TPSA) is 21.3 Å². The molecule has 21 heavy (non-hydrogen) atoms. The third-order valence-corrected chi connectivity index (χ3v) is 4.47. The number of ether oxygens (including phenoxy) is 1. The summed E-state index contributed by atoms with van der Waals surface area (Å²) in [6.45, 7) is 0. The van der Waals surface area contributed by atoms with Crippen molar-refractivity contribution in [2.75, 3.05) is 14.2 Å². The van der Waals surface area contributed by atoms with Crippen LogP contribution in [-0.2, 0) is 19.3 Å². The van der Waals surface area contributed by atoms with Gasteiger partial charge >= 0.3 is 0 Å². The van der Waals surface area contributed by atoms with Gasteiger partial charge in [-0.1, -0.05) is 36.4 Å². The third-order valence-electron chi connectivity index (χ3n) is 4.47. The molecule has 0 heterocycles. The first kappa shape index (κ1) is 14.2. The van der Waals surface area contributed by atoms with Gasteiger partial charge in [0.2, 0.25) is 0 Å². The van der Waals surface area contributed by atoms with Crippen LogP contribution in [0.25, 0.3) is 0 Å². The lowest BCUT2D eigenvalue weighted by Crippen LogP contribution is -2.19. The van der Waals surface area contributed by atoms with E-state index in [0.717, 1.165) is 12.2 Å². The number of methoxy groups -OCH3 is 1. The van der Waals surface area contributed by atoms with Gasteiger partial charge in [0.1, 0.15) is 5.75 Å². The molecule has 110 valence electrons. The molecule has 3 rings (SSSR count). The van der Waals surface area contributed by atoms with Crippen molar-refractivity contribution in [3.05, 3.63) is 64.7 Å². The van der Waals surface area contributed by atoms with Gasteiger partial charge in [-0.25, -0.2) is 0 Å². The Morgan fingerprint density at radius 2 is 1.90 bits per heavy atom. The Hall–Kier alpha value is -1.80. The van der Waals surface area contributed by atoms with Crippen molar-refractivity contribution in [3.8, 4) is 5.75 Å². The van der Waals surface area contributed by atoms with Gasteiger partial charge < -0.3 is 10.1 Å². The second-order valence-corrected chi connectivity index (χ2v) is 5.74. The number of hydrogen-bond donors (Lipinski definition) is 1. The predicted octanol–water partition coefficient (Wildman–Crippen LogP) is 3.69. The fourth-order valence-electron chi connectivity index (χ4n) is 3.31. The number of benzene rings is 2. The van der Waals surface area contributed by atoms with E-state index in [4.69, 9.17) is 4.74 Å². The van der Waals surface area contributed by atoms with Crippen molar-refractivity contribution >= 4 is 0 Å². The van der Waals surface area contributed by atoms with Crippen LogP contribution < -0.4 is 10.1 Å². The zero-order valence-corrected chi connectivity index (χ0v) is 12.9. The SMILES string of the molecule is CNC(Cc1ccc2c(c1)CCC2)c1ccccc1OC. The van der Waals surface area contributed by atoms with Gasteiger partial charge in [0.15, 0.2) is 0 Å². The molecule has 2 nitrogen and oxygen atoms in total. The number of aryl methyl sites for hydroxylation is 2. The Labute approximate surface area is 127 Å². The van der Waals surface area contributed by atoms with Gasteiger partial charge in [0, 0.05) is 11.6 Å². The fourth-order valence-corrected chi connectivity index (χ4v) is 3.31. The van der Waals surface area contributed by atoms with E-state index >= 15 is 0 Å². The quantitative estimate of drug-likeness (QED) is 0.902. The summed E-state index contributed by atoms with van der Waals surface area (Å²) in [7, 11) is 3.76. The number of para-hydroxylation sites is 1. The zero-order chi connectivity index (χ0) is 14.7. The molecule has 2 aromatic carbocycles. The van der Waals surface area contributed by atoms with Crippen molar-refractivity contribution in [2.24, 2.45) is 0 Å². The minimum atomic E-state index is 0.278. The molecule has 2 heteroatoms. The van der Waals surface area contributed by atoms with E-state index in [-0.39, 0.29) is 6.04 Å². The highest BCUT2D eigenvalue weighted by Crippen LogP contribution is 2.29. The van der Waals surface area contributed by atoms with E-state index in [0.29, 0.717) is 0 Å². The number of likely N-dealkylation sites (N-methyl/N-ethyl adjacent to an activating group) is 1. The minimum absolute atomic E-state index is 0.278. The summed E-state index contributed by atoms with van der Waals surface area (Å²) in [4.78, 5) is 0. The maximum Gasteiger partial charge on any atom is 0.123 e. The molecular formula is C19H23NO. The van der Waals surface area contributed by atoms with Gasteiger partial charge in [-0.2, -0.15) is 0 Å². The largest absolute Gasteiger partial charge is 0.496 e. The van der Waals surface area contributed by atoms with Crippen molar-refractivity contribution in [2.45, 2.75) is 31.7 Å². The fraction of sp³-hybridized carbons (Fsp3) is 0.368. The van der Waals surface area contributed by atoms with Crippen molar-refractivity contribution in [3.63, 3.8) is 0 Å². The molecule has 0 saturated carbocycles. The van der Waals surface area contributed by atoms with Crippen LogP contribution in [0.5, 0.6) is 5.75 Å². The van der Waals surface area contributed by atoms with Crippen LogP contribution in [0, 0.1) is 0 Å². The number of hydrogen-bond acceptors (Lipinski definition) is 2. The lowest BCUT2D eigenvalue weighted by atomic mass is 9.96. The maximum atomic E-state index is 5.50. The molecule has 0 saturated heterocycles. The van der Waals surface area contributed by atoms with Crippen molar-refractivity contribution in [1.82, 2.24) is 5.32 Å². The molecule has 1 unspecified atom stereocenters. The zero-order valence-electron chi connectivity index (χ0n) is 12.9. The predicted molar refractivity (Wildman–Crippen MR) is 87.0 cm³/mol. The van der Waals surface area contributed by atoms with Crippen LogP contribution in [0.15, 0.2) is 42.5 Å². The second kappa shape index (κ2) is 6.31.